The molecule has 0 heterocycles. The molecule has 0 rings (SSSR count). The average molecular weight is 455 g/mol. The van der Waals surface area contributed by atoms with Gasteiger partial charge in [0.2, 0.25) is 0 Å². The fraction of sp³-hybridized carbons (Fsp3) is 0.852. The highest BCUT2D eigenvalue weighted by Crippen LogP contribution is 2.20. The molecule has 0 aliphatic heterocycles. The van der Waals surface area contributed by atoms with Gasteiger partial charge in [-0.25, -0.2) is 0 Å². The van der Waals surface area contributed by atoms with Crippen molar-refractivity contribution in [2.24, 2.45) is 0 Å². The zero-order valence-electron chi connectivity index (χ0n) is 20.8. The van der Waals surface area contributed by atoms with Gasteiger partial charge in [-0.2, -0.15) is 0 Å². The fourth-order valence-corrected chi connectivity index (χ4v) is 3.85. The van der Waals surface area contributed by atoms with Gasteiger partial charge >= 0.3 is 0 Å². The predicted octanol–water partition coefficient (Wildman–Crippen LogP) is 5.83. The quantitative estimate of drug-likeness (QED) is 0.133. The maximum atomic E-state index is 12.3. The van der Waals surface area contributed by atoms with Crippen LogP contribution in [0.15, 0.2) is 12.2 Å². The van der Waals surface area contributed by atoms with Gasteiger partial charge < -0.3 is 15.3 Å². The summed E-state index contributed by atoms with van der Waals surface area (Å²) in [5.41, 5.74) is -2.37. The Bertz CT molecular complexity index is 502. The second-order valence-electron chi connectivity index (χ2n) is 9.17. The molecule has 0 amide bonds. The summed E-state index contributed by atoms with van der Waals surface area (Å²) < 4.78 is 0. The largest absolute Gasteiger partial charge is 0.393 e. The molecular weight excluding hydrogens is 404 g/mol. The van der Waals surface area contributed by atoms with E-state index in [4.69, 9.17) is 0 Å². The molecule has 0 aliphatic carbocycles. The molecule has 32 heavy (non-hydrogen) atoms. The Morgan fingerprint density at radius 2 is 1.16 bits per heavy atom. The Balaban J connectivity index is 3.99. The molecule has 0 saturated carbocycles. The van der Waals surface area contributed by atoms with Gasteiger partial charge in [-0.05, 0) is 38.5 Å². The van der Waals surface area contributed by atoms with E-state index in [1.165, 1.54) is 32.1 Å². The Labute approximate surface area is 196 Å². The molecule has 3 N–H and O–H groups in total. The van der Waals surface area contributed by atoms with Crippen LogP contribution in [0.5, 0.6) is 0 Å². The van der Waals surface area contributed by atoms with E-state index < -0.39 is 29.9 Å². The SMILES string of the molecule is CCCCCCC=CCCCCCCCC(=O)C(O)C(O)(CO)C(=O)CCCCCCC. The van der Waals surface area contributed by atoms with Crippen molar-refractivity contribution in [2.45, 2.75) is 141 Å². The van der Waals surface area contributed by atoms with Crippen LogP contribution in [0.25, 0.3) is 0 Å². The van der Waals surface area contributed by atoms with E-state index in [1.807, 2.05) is 0 Å². The van der Waals surface area contributed by atoms with Crippen LogP contribution >= 0.6 is 0 Å². The summed E-state index contributed by atoms with van der Waals surface area (Å²) in [5.74, 6) is -1.21. The van der Waals surface area contributed by atoms with Gasteiger partial charge in [-0.1, -0.05) is 90.2 Å². The molecule has 188 valence electrons. The summed E-state index contributed by atoms with van der Waals surface area (Å²) in [6.45, 7) is 3.40. The molecule has 0 saturated heterocycles. The summed E-state index contributed by atoms with van der Waals surface area (Å²) in [5, 5.41) is 30.2. The Morgan fingerprint density at radius 1 is 0.719 bits per heavy atom. The van der Waals surface area contributed by atoms with Crippen molar-refractivity contribution in [1.82, 2.24) is 0 Å². The lowest BCUT2D eigenvalue weighted by Crippen LogP contribution is -2.55. The molecule has 2 atom stereocenters. The van der Waals surface area contributed by atoms with Gasteiger partial charge in [0, 0.05) is 12.8 Å². The molecule has 0 bridgehead atoms. The van der Waals surface area contributed by atoms with Crippen molar-refractivity contribution >= 4 is 11.6 Å². The van der Waals surface area contributed by atoms with Gasteiger partial charge in [0.15, 0.2) is 23.3 Å². The number of hydrogen-bond acceptors (Lipinski definition) is 5. The van der Waals surface area contributed by atoms with Crippen LogP contribution in [0, 0.1) is 0 Å². The normalized spacial score (nSPS) is 14.5. The number of hydrogen-bond donors (Lipinski definition) is 3. The smallest absolute Gasteiger partial charge is 0.178 e. The van der Waals surface area contributed by atoms with Crippen LogP contribution in [0.1, 0.15) is 129 Å². The van der Waals surface area contributed by atoms with E-state index in [0.29, 0.717) is 12.8 Å². The van der Waals surface area contributed by atoms with Crippen molar-refractivity contribution in [3.05, 3.63) is 12.2 Å². The van der Waals surface area contributed by atoms with Crippen molar-refractivity contribution in [3.8, 4) is 0 Å². The minimum atomic E-state index is -2.37. The third kappa shape index (κ3) is 14.2. The van der Waals surface area contributed by atoms with Gasteiger partial charge in [0.1, 0.15) is 0 Å². The first-order chi connectivity index (χ1) is 15.4. The molecule has 5 heteroatoms. The number of rotatable bonds is 23. The molecule has 0 aromatic heterocycles. The number of carbonyl (C=O) groups is 2. The van der Waals surface area contributed by atoms with Gasteiger partial charge in [0.05, 0.1) is 6.61 Å². The van der Waals surface area contributed by atoms with Crippen LogP contribution < -0.4 is 0 Å². The number of aliphatic hydroxyl groups excluding tert-OH is 2. The summed E-state index contributed by atoms with van der Waals surface area (Å²) in [6.07, 6.45) is 19.8. The third-order valence-electron chi connectivity index (χ3n) is 6.17. The Kier molecular flexibility index (Phi) is 19.9. The maximum Gasteiger partial charge on any atom is 0.178 e. The van der Waals surface area contributed by atoms with E-state index in [9.17, 15) is 24.9 Å². The van der Waals surface area contributed by atoms with Gasteiger partial charge in [-0.3, -0.25) is 9.59 Å². The van der Waals surface area contributed by atoms with E-state index in [2.05, 4.69) is 26.0 Å². The molecular formula is C27H50O5. The highest BCUT2D eigenvalue weighted by atomic mass is 16.4. The van der Waals surface area contributed by atoms with Crippen LogP contribution in [0.2, 0.25) is 0 Å². The van der Waals surface area contributed by atoms with Crippen molar-refractivity contribution in [3.63, 3.8) is 0 Å². The van der Waals surface area contributed by atoms with E-state index in [-0.39, 0.29) is 12.8 Å². The first-order valence-electron chi connectivity index (χ1n) is 13.2. The van der Waals surface area contributed by atoms with Crippen LogP contribution in [0.4, 0.5) is 0 Å². The third-order valence-corrected chi connectivity index (χ3v) is 6.17. The van der Waals surface area contributed by atoms with E-state index in [1.54, 1.807) is 0 Å². The van der Waals surface area contributed by atoms with Crippen molar-refractivity contribution in [2.75, 3.05) is 6.61 Å². The lowest BCUT2D eigenvalue weighted by atomic mass is 9.85. The van der Waals surface area contributed by atoms with Crippen LogP contribution in [-0.4, -0.2) is 45.2 Å². The summed E-state index contributed by atoms with van der Waals surface area (Å²) in [6, 6.07) is 0. The molecule has 0 spiro atoms. The second-order valence-corrected chi connectivity index (χ2v) is 9.17. The van der Waals surface area contributed by atoms with Crippen molar-refractivity contribution in [1.29, 1.82) is 0 Å². The zero-order valence-corrected chi connectivity index (χ0v) is 20.8. The summed E-state index contributed by atoms with van der Waals surface area (Å²) in [4.78, 5) is 24.6. The topological polar surface area (TPSA) is 94.8 Å². The maximum absolute atomic E-state index is 12.3. The molecule has 0 radical (unpaired) electrons. The van der Waals surface area contributed by atoms with Crippen LogP contribution in [0.3, 0.4) is 0 Å². The monoisotopic (exact) mass is 454 g/mol. The minimum absolute atomic E-state index is 0.0678. The van der Waals surface area contributed by atoms with E-state index >= 15 is 0 Å². The Hall–Kier alpha value is -1.04. The lowest BCUT2D eigenvalue weighted by Gasteiger charge is -2.29. The Morgan fingerprint density at radius 3 is 1.69 bits per heavy atom. The second kappa shape index (κ2) is 20.6. The molecule has 5 nitrogen and oxygen atoms in total. The number of Topliss-reactive ketones (excluding diaryl/α,β-unsaturated/α-hetero) is 2. The fourth-order valence-electron chi connectivity index (χ4n) is 3.85. The highest BCUT2D eigenvalue weighted by molar-refractivity contribution is 5.96. The van der Waals surface area contributed by atoms with Crippen molar-refractivity contribution < 1.29 is 24.9 Å². The summed E-state index contributed by atoms with van der Waals surface area (Å²) in [7, 11) is 0. The lowest BCUT2D eigenvalue weighted by molar-refractivity contribution is -0.165. The average Bonchev–Trinajstić information content (AvgIpc) is 2.80. The molecule has 0 aromatic rings. The number of aliphatic hydroxyl groups is 3. The van der Waals surface area contributed by atoms with Crippen LogP contribution in [-0.2, 0) is 9.59 Å². The van der Waals surface area contributed by atoms with Gasteiger partial charge in [0.25, 0.3) is 0 Å². The van der Waals surface area contributed by atoms with Gasteiger partial charge in [-0.15, -0.1) is 0 Å². The number of ketones is 2. The number of allylic oxidation sites excluding steroid dienone is 2. The molecule has 0 aromatic carbocycles. The molecule has 0 fully saturated rings. The highest BCUT2D eigenvalue weighted by Gasteiger charge is 2.45. The molecule has 2 unspecified atom stereocenters. The standard InChI is InChI=1S/C27H50O5/c1-3-5-7-9-10-11-12-13-14-15-16-18-19-21-24(29)26(31)27(32,23-28)25(30)22-20-17-8-6-4-2/h11-12,26,28,31-32H,3-10,13-23H2,1-2H3. The first-order valence-corrected chi connectivity index (χ1v) is 13.2. The number of unbranched alkanes of at least 4 members (excludes halogenated alkanes) is 13. The summed E-state index contributed by atoms with van der Waals surface area (Å²) >= 11 is 0. The predicted molar refractivity (Wildman–Crippen MR) is 132 cm³/mol. The van der Waals surface area contributed by atoms with E-state index in [0.717, 1.165) is 57.8 Å². The molecule has 0 aliphatic rings. The zero-order chi connectivity index (χ0) is 24.1. The first kappa shape index (κ1) is 31.0. The number of carbonyl (C=O) groups excluding carboxylic acids is 2. The minimum Gasteiger partial charge on any atom is -0.393 e.